The summed E-state index contributed by atoms with van der Waals surface area (Å²) in [7, 11) is 0. The van der Waals surface area contributed by atoms with E-state index in [4.69, 9.17) is 4.74 Å². The second-order valence-electron chi connectivity index (χ2n) is 6.44. The van der Waals surface area contributed by atoms with Gasteiger partial charge in [-0.25, -0.2) is 14.8 Å². The number of rotatable bonds is 4. The van der Waals surface area contributed by atoms with E-state index in [1.807, 2.05) is 31.2 Å². The van der Waals surface area contributed by atoms with Gasteiger partial charge in [0.25, 0.3) is 5.91 Å². The normalized spacial score (nSPS) is 17.0. The van der Waals surface area contributed by atoms with Crippen molar-refractivity contribution in [2.24, 2.45) is 0 Å². The summed E-state index contributed by atoms with van der Waals surface area (Å²) in [6.07, 6.45) is 3.69. The summed E-state index contributed by atoms with van der Waals surface area (Å²) >= 11 is 0. The molecule has 0 saturated carbocycles. The molecule has 0 radical (unpaired) electrons. The molecule has 1 amide bonds. The summed E-state index contributed by atoms with van der Waals surface area (Å²) in [5.74, 6) is 0.583. The molecule has 3 aromatic rings. The zero-order valence-electron chi connectivity index (χ0n) is 14.4. The molecular weight excluding hydrogens is 334 g/mol. The minimum atomic E-state index is -0.226. The number of carbonyl (C=O) groups excluding carboxylic acids is 1. The van der Waals surface area contributed by atoms with Crippen molar-refractivity contribution >= 4 is 17.1 Å². The molecule has 1 aromatic carbocycles. The van der Waals surface area contributed by atoms with Crippen LogP contribution in [0.4, 0.5) is 0 Å². The van der Waals surface area contributed by atoms with Crippen molar-refractivity contribution < 1.29 is 9.53 Å². The van der Waals surface area contributed by atoms with Crippen LogP contribution < -0.4 is 10.4 Å². The molecule has 1 aliphatic heterocycles. The SMILES string of the molecule is Cc1ccc(OCC(=O)N2CC[C@H](n3c(=O)[nH]c4cncnc43)C2)cc1. The molecule has 1 fully saturated rings. The predicted octanol–water partition coefficient (Wildman–Crippen LogP) is 1.28. The van der Waals surface area contributed by atoms with Crippen LogP contribution in [0.1, 0.15) is 18.0 Å². The highest BCUT2D eigenvalue weighted by Crippen LogP contribution is 2.23. The number of fused-ring (bicyclic) bond motifs is 1. The summed E-state index contributed by atoms with van der Waals surface area (Å²) in [5.41, 5.74) is 2.08. The molecule has 1 N–H and O–H groups in total. The van der Waals surface area contributed by atoms with Crippen molar-refractivity contribution in [2.45, 2.75) is 19.4 Å². The first-order valence-corrected chi connectivity index (χ1v) is 8.49. The van der Waals surface area contributed by atoms with Crippen LogP contribution in [0.15, 0.2) is 41.6 Å². The first-order chi connectivity index (χ1) is 12.6. The number of benzene rings is 1. The van der Waals surface area contributed by atoms with Crippen molar-refractivity contribution in [3.05, 3.63) is 52.8 Å². The Morgan fingerprint density at radius 1 is 1.35 bits per heavy atom. The van der Waals surface area contributed by atoms with Crippen LogP contribution in [0.25, 0.3) is 11.2 Å². The minimum absolute atomic E-state index is 0.0132. The quantitative estimate of drug-likeness (QED) is 0.763. The fourth-order valence-electron chi connectivity index (χ4n) is 3.26. The highest BCUT2D eigenvalue weighted by molar-refractivity contribution is 5.78. The van der Waals surface area contributed by atoms with Crippen molar-refractivity contribution in [2.75, 3.05) is 19.7 Å². The number of hydrogen-bond acceptors (Lipinski definition) is 5. The number of nitrogens with zero attached hydrogens (tertiary/aromatic N) is 4. The Labute approximate surface area is 149 Å². The third-order valence-corrected chi connectivity index (χ3v) is 4.64. The topological polar surface area (TPSA) is 93.1 Å². The molecule has 0 unspecified atom stereocenters. The van der Waals surface area contributed by atoms with Crippen LogP contribution in [0.3, 0.4) is 0 Å². The maximum Gasteiger partial charge on any atom is 0.328 e. The molecule has 3 heterocycles. The lowest BCUT2D eigenvalue weighted by Crippen LogP contribution is -2.34. The molecule has 0 aliphatic carbocycles. The van der Waals surface area contributed by atoms with Gasteiger partial charge in [0.15, 0.2) is 12.3 Å². The van der Waals surface area contributed by atoms with Crippen LogP contribution in [0.5, 0.6) is 5.75 Å². The lowest BCUT2D eigenvalue weighted by molar-refractivity contribution is -0.132. The fourth-order valence-corrected chi connectivity index (χ4v) is 3.26. The third-order valence-electron chi connectivity index (χ3n) is 4.64. The van der Waals surface area contributed by atoms with Gasteiger partial charge >= 0.3 is 5.69 Å². The number of hydrogen-bond donors (Lipinski definition) is 1. The number of aromatic nitrogens is 4. The van der Waals surface area contributed by atoms with E-state index in [1.165, 1.54) is 6.33 Å². The molecule has 134 valence electrons. The number of aryl methyl sites for hydroxylation is 1. The standard InChI is InChI=1S/C18H19N5O3/c1-12-2-4-14(5-3-12)26-10-16(24)22-7-6-13(9-22)23-17-15(21-18(23)25)8-19-11-20-17/h2-5,8,11,13H,6-7,9-10H2,1H3,(H,21,25)/t13-/m0/s1. The molecule has 0 spiro atoms. The van der Waals surface area contributed by atoms with Crippen molar-refractivity contribution in [3.8, 4) is 5.75 Å². The monoisotopic (exact) mass is 353 g/mol. The molecule has 1 atom stereocenters. The van der Waals surface area contributed by atoms with Gasteiger partial charge in [-0.15, -0.1) is 0 Å². The zero-order valence-corrected chi connectivity index (χ0v) is 14.4. The number of carbonyl (C=O) groups is 1. The smallest absolute Gasteiger partial charge is 0.328 e. The van der Waals surface area contributed by atoms with E-state index in [2.05, 4.69) is 15.0 Å². The Morgan fingerprint density at radius 2 is 2.15 bits per heavy atom. The number of imidazole rings is 1. The van der Waals surface area contributed by atoms with Crippen molar-refractivity contribution in [1.29, 1.82) is 0 Å². The van der Waals surface area contributed by atoms with Gasteiger partial charge in [-0.1, -0.05) is 17.7 Å². The van der Waals surface area contributed by atoms with Crippen LogP contribution in [0.2, 0.25) is 0 Å². The maximum absolute atomic E-state index is 12.4. The Morgan fingerprint density at radius 3 is 2.96 bits per heavy atom. The molecule has 1 saturated heterocycles. The van der Waals surface area contributed by atoms with E-state index in [0.717, 1.165) is 5.56 Å². The Kier molecular flexibility index (Phi) is 4.16. The van der Waals surface area contributed by atoms with Gasteiger partial charge in [0.05, 0.1) is 12.2 Å². The predicted molar refractivity (Wildman–Crippen MR) is 95.1 cm³/mol. The van der Waals surface area contributed by atoms with Crippen LogP contribution in [0, 0.1) is 6.92 Å². The molecule has 4 rings (SSSR count). The Bertz CT molecular complexity index is 992. The fraction of sp³-hybridized carbons (Fsp3) is 0.333. The maximum atomic E-state index is 12.4. The van der Waals surface area contributed by atoms with E-state index in [9.17, 15) is 9.59 Å². The lowest BCUT2D eigenvalue weighted by Gasteiger charge is -2.17. The number of H-pyrrole nitrogens is 1. The van der Waals surface area contributed by atoms with Gasteiger partial charge in [0.1, 0.15) is 17.6 Å². The van der Waals surface area contributed by atoms with Crippen molar-refractivity contribution in [3.63, 3.8) is 0 Å². The number of likely N-dealkylation sites (tertiary alicyclic amines) is 1. The van der Waals surface area contributed by atoms with Crippen LogP contribution >= 0.6 is 0 Å². The van der Waals surface area contributed by atoms with Crippen LogP contribution in [-0.2, 0) is 4.79 Å². The van der Waals surface area contributed by atoms with E-state index >= 15 is 0 Å². The minimum Gasteiger partial charge on any atom is -0.484 e. The molecule has 2 aromatic heterocycles. The number of aromatic amines is 1. The van der Waals surface area contributed by atoms with Gasteiger partial charge in [-0.3, -0.25) is 9.36 Å². The second kappa shape index (κ2) is 6.62. The van der Waals surface area contributed by atoms with E-state index in [-0.39, 0.29) is 24.2 Å². The number of nitrogens with one attached hydrogen (secondary N) is 1. The lowest BCUT2D eigenvalue weighted by atomic mass is 10.2. The average molecular weight is 353 g/mol. The first kappa shape index (κ1) is 16.3. The van der Waals surface area contributed by atoms with Gasteiger partial charge in [0, 0.05) is 13.1 Å². The largest absolute Gasteiger partial charge is 0.484 e. The van der Waals surface area contributed by atoms with Gasteiger partial charge in [0.2, 0.25) is 0 Å². The summed E-state index contributed by atoms with van der Waals surface area (Å²) in [5, 5.41) is 0. The van der Waals surface area contributed by atoms with Crippen LogP contribution in [-0.4, -0.2) is 50.0 Å². The summed E-state index contributed by atoms with van der Waals surface area (Å²) in [6, 6.07) is 7.48. The molecule has 1 aliphatic rings. The molecule has 26 heavy (non-hydrogen) atoms. The van der Waals surface area contributed by atoms with Gasteiger partial charge in [-0.2, -0.15) is 0 Å². The van der Waals surface area contributed by atoms with Crippen molar-refractivity contribution in [1.82, 2.24) is 24.4 Å². The highest BCUT2D eigenvalue weighted by Gasteiger charge is 2.30. The van der Waals surface area contributed by atoms with E-state index in [1.54, 1.807) is 15.7 Å². The Balaban J connectivity index is 1.43. The zero-order chi connectivity index (χ0) is 18.1. The highest BCUT2D eigenvalue weighted by atomic mass is 16.5. The molecule has 0 bridgehead atoms. The summed E-state index contributed by atoms with van der Waals surface area (Å²) < 4.78 is 7.18. The average Bonchev–Trinajstić information content (AvgIpc) is 3.24. The second-order valence-corrected chi connectivity index (χ2v) is 6.44. The first-order valence-electron chi connectivity index (χ1n) is 8.49. The summed E-state index contributed by atoms with van der Waals surface area (Å²) in [6.45, 7) is 3.04. The molecule has 8 heteroatoms. The molecular formula is C18H19N5O3. The van der Waals surface area contributed by atoms with E-state index in [0.29, 0.717) is 36.4 Å². The number of amides is 1. The Hall–Kier alpha value is -3.16. The van der Waals surface area contributed by atoms with Gasteiger partial charge < -0.3 is 14.6 Å². The van der Waals surface area contributed by atoms with E-state index < -0.39 is 0 Å². The van der Waals surface area contributed by atoms with Gasteiger partial charge in [-0.05, 0) is 25.5 Å². The summed E-state index contributed by atoms with van der Waals surface area (Å²) in [4.78, 5) is 37.3. The molecule has 8 nitrogen and oxygen atoms in total. The third kappa shape index (κ3) is 3.05. The number of ether oxygens (including phenoxy) is 1.